The number of nitrogens with zero attached hydrogens (tertiary/aromatic N) is 2. The summed E-state index contributed by atoms with van der Waals surface area (Å²) in [7, 11) is -3.85. The first-order valence-electron chi connectivity index (χ1n) is 10.3. The number of hydrogen-bond donors (Lipinski definition) is 1. The van der Waals surface area contributed by atoms with Crippen molar-refractivity contribution < 1.29 is 40.7 Å². The van der Waals surface area contributed by atoms with Gasteiger partial charge in [-0.2, -0.15) is 0 Å². The highest BCUT2D eigenvalue weighted by molar-refractivity contribution is 7.89. The zero-order chi connectivity index (χ0) is 25.4. The molecule has 2 N–H and O–H groups in total. The van der Waals surface area contributed by atoms with Gasteiger partial charge in [0.05, 0.1) is 4.90 Å². The van der Waals surface area contributed by atoms with Gasteiger partial charge in [-0.1, -0.05) is 12.1 Å². The maximum atomic E-state index is 12.7. The molecule has 0 spiro atoms. The predicted molar refractivity (Wildman–Crippen MR) is 115 cm³/mol. The summed E-state index contributed by atoms with van der Waals surface area (Å²) in [5, 5.41) is 5.07. The largest absolute Gasteiger partial charge is 0.573 e. The van der Waals surface area contributed by atoms with Crippen LogP contribution in [0.3, 0.4) is 0 Å². The van der Waals surface area contributed by atoms with E-state index in [-0.39, 0.29) is 35.6 Å². The summed E-state index contributed by atoms with van der Waals surface area (Å²) in [4.78, 5) is 28.1. The van der Waals surface area contributed by atoms with E-state index in [4.69, 9.17) is 9.88 Å². The highest BCUT2D eigenvalue weighted by Crippen LogP contribution is 2.31. The average Bonchev–Trinajstić information content (AvgIpc) is 3.36. The molecule has 2 aromatic rings. The van der Waals surface area contributed by atoms with Gasteiger partial charge < -0.3 is 19.3 Å². The van der Waals surface area contributed by atoms with E-state index in [2.05, 4.69) is 4.74 Å². The molecule has 0 saturated carbocycles. The smallest absolute Gasteiger partial charge is 0.445 e. The van der Waals surface area contributed by atoms with Gasteiger partial charge in [-0.3, -0.25) is 4.79 Å². The summed E-state index contributed by atoms with van der Waals surface area (Å²) in [6.07, 6.45) is -3.69. The van der Waals surface area contributed by atoms with Crippen LogP contribution < -0.4 is 9.88 Å². The summed E-state index contributed by atoms with van der Waals surface area (Å²) in [6, 6.07) is 10.3. The number of sulfonamides is 1. The molecule has 1 atom stereocenters. The van der Waals surface area contributed by atoms with Gasteiger partial charge in [-0.25, -0.2) is 18.4 Å². The van der Waals surface area contributed by atoms with E-state index in [1.54, 1.807) is 6.20 Å². The minimum atomic E-state index is -4.78. The zero-order valence-electron chi connectivity index (χ0n) is 18.1. The molecule has 1 fully saturated rings. The number of halogens is 3. The number of rotatable bonds is 5. The van der Waals surface area contributed by atoms with Crippen LogP contribution in [0.4, 0.5) is 18.0 Å². The van der Waals surface area contributed by atoms with E-state index in [1.807, 2.05) is 0 Å². The number of ether oxygens (including phenoxy) is 2. The Morgan fingerprint density at radius 1 is 1.03 bits per heavy atom. The topological polar surface area (TPSA) is 119 Å². The molecule has 13 heteroatoms. The molecule has 35 heavy (non-hydrogen) atoms. The molecule has 4 rings (SSSR count). The third kappa shape index (κ3) is 5.92. The van der Waals surface area contributed by atoms with Crippen molar-refractivity contribution >= 4 is 22.0 Å². The summed E-state index contributed by atoms with van der Waals surface area (Å²) in [5.41, 5.74) is 1.68. The monoisotopic (exact) mass is 511 g/mol. The van der Waals surface area contributed by atoms with Gasteiger partial charge in [0.2, 0.25) is 10.0 Å². The van der Waals surface area contributed by atoms with Crippen LogP contribution in [0.5, 0.6) is 5.75 Å². The van der Waals surface area contributed by atoms with E-state index in [9.17, 15) is 31.2 Å². The molecule has 0 radical (unpaired) electrons. The molecule has 2 aliphatic rings. The van der Waals surface area contributed by atoms with Crippen molar-refractivity contribution in [1.29, 1.82) is 0 Å². The van der Waals surface area contributed by atoms with Gasteiger partial charge in [-0.05, 0) is 47.5 Å². The Hall–Kier alpha value is -3.58. The Bertz CT molecular complexity index is 1260. The fraction of sp³-hybridized carbons (Fsp3) is 0.273. The second kappa shape index (κ2) is 9.23. The van der Waals surface area contributed by atoms with Crippen molar-refractivity contribution in [2.45, 2.75) is 17.9 Å². The molecule has 1 saturated heterocycles. The lowest BCUT2D eigenvalue weighted by Gasteiger charge is -2.20. The van der Waals surface area contributed by atoms with Crippen molar-refractivity contribution in [3.05, 3.63) is 71.4 Å². The van der Waals surface area contributed by atoms with Crippen molar-refractivity contribution in [3.8, 4) is 5.75 Å². The van der Waals surface area contributed by atoms with E-state index >= 15 is 0 Å². The molecule has 0 bridgehead atoms. The molecule has 2 aromatic carbocycles. The lowest BCUT2D eigenvalue weighted by atomic mass is 10.1. The number of hydrogen-bond acceptors (Lipinski definition) is 6. The van der Waals surface area contributed by atoms with E-state index in [0.717, 1.165) is 17.7 Å². The van der Waals surface area contributed by atoms with Gasteiger partial charge >= 0.3 is 12.5 Å². The number of carbonyl (C=O) groups excluding carboxylic acids is 2. The standard InChI is InChI=1S/C22H20F3N3O6S/c23-22(24,25)34-18-5-1-14(2-6-18)13-33-21(30)28-11-16-9-27(10-17(16)12-28)20(29)15-3-7-19(8-4-15)35(26,31)32/h1-9,17H,10-13H2,(H2,26,31,32)/t17-/m0/s1. The predicted octanol–water partition coefficient (Wildman–Crippen LogP) is 2.84. The lowest BCUT2D eigenvalue weighted by molar-refractivity contribution is -0.274. The van der Waals surface area contributed by atoms with Crippen LogP contribution in [0.2, 0.25) is 0 Å². The Balaban J connectivity index is 1.30. The number of nitrogens with two attached hydrogens (primary N) is 1. The molecule has 0 aromatic heterocycles. The first-order chi connectivity index (χ1) is 16.4. The van der Waals surface area contributed by atoms with Gasteiger partial charge in [0.15, 0.2) is 0 Å². The molecule has 2 amide bonds. The second-order valence-electron chi connectivity index (χ2n) is 8.05. The minimum absolute atomic E-state index is 0.0611. The SMILES string of the molecule is NS(=O)(=O)c1ccc(C(=O)N2C=C3CN(C(=O)OCc4ccc(OC(F)(F)F)cc4)C[C@@H]3C2)cc1. The maximum absolute atomic E-state index is 12.7. The second-order valence-corrected chi connectivity index (χ2v) is 9.62. The molecular formula is C22H20F3N3O6S. The van der Waals surface area contributed by atoms with E-state index < -0.39 is 22.5 Å². The van der Waals surface area contributed by atoms with Crippen molar-refractivity contribution in [2.24, 2.45) is 11.1 Å². The number of primary sulfonamides is 1. The highest BCUT2D eigenvalue weighted by atomic mass is 32.2. The Labute approximate surface area is 198 Å². The van der Waals surface area contributed by atoms with E-state index in [1.165, 1.54) is 46.2 Å². The lowest BCUT2D eigenvalue weighted by Crippen LogP contribution is -2.33. The average molecular weight is 511 g/mol. The Kier molecular flexibility index (Phi) is 6.47. The van der Waals surface area contributed by atoms with Crippen LogP contribution in [0, 0.1) is 5.92 Å². The van der Waals surface area contributed by atoms with Crippen LogP contribution in [0.15, 0.2) is 65.2 Å². The molecule has 2 heterocycles. The van der Waals surface area contributed by atoms with Crippen LogP contribution in [-0.2, 0) is 21.4 Å². The zero-order valence-corrected chi connectivity index (χ0v) is 18.9. The third-order valence-electron chi connectivity index (χ3n) is 5.55. The number of benzene rings is 2. The molecule has 2 aliphatic heterocycles. The van der Waals surface area contributed by atoms with Gasteiger partial charge in [0, 0.05) is 37.3 Å². The molecule has 9 nitrogen and oxygen atoms in total. The first kappa shape index (κ1) is 24.5. The summed E-state index contributed by atoms with van der Waals surface area (Å²) >= 11 is 0. The summed E-state index contributed by atoms with van der Waals surface area (Å²) in [5.74, 6) is -0.736. The first-order valence-corrected chi connectivity index (χ1v) is 11.8. The van der Waals surface area contributed by atoms with Gasteiger partial charge in [-0.15, -0.1) is 13.2 Å². The molecular weight excluding hydrogens is 491 g/mol. The van der Waals surface area contributed by atoms with Crippen LogP contribution in [0.25, 0.3) is 0 Å². The van der Waals surface area contributed by atoms with Crippen LogP contribution >= 0.6 is 0 Å². The number of likely N-dealkylation sites (tertiary alicyclic amines) is 1. The number of carbonyl (C=O) groups is 2. The summed E-state index contributed by atoms with van der Waals surface area (Å²) in [6.45, 7) is 0.854. The quantitative estimate of drug-likeness (QED) is 0.660. The normalized spacial score (nSPS) is 17.7. The Morgan fingerprint density at radius 3 is 2.26 bits per heavy atom. The van der Waals surface area contributed by atoms with Crippen LogP contribution in [-0.4, -0.2) is 56.2 Å². The molecule has 0 unspecified atom stereocenters. The fourth-order valence-electron chi connectivity index (χ4n) is 3.87. The van der Waals surface area contributed by atoms with Gasteiger partial charge in [0.1, 0.15) is 12.4 Å². The number of amides is 2. The maximum Gasteiger partial charge on any atom is 0.573 e. The third-order valence-corrected chi connectivity index (χ3v) is 6.47. The molecule has 186 valence electrons. The molecule has 0 aliphatic carbocycles. The fourth-order valence-corrected chi connectivity index (χ4v) is 4.38. The Morgan fingerprint density at radius 2 is 1.69 bits per heavy atom. The van der Waals surface area contributed by atoms with Crippen molar-refractivity contribution in [2.75, 3.05) is 19.6 Å². The van der Waals surface area contributed by atoms with E-state index in [0.29, 0.717) is 24.2 Å². The highest BCUT2D eigenvalue weighted by Gasteiger charge is 2.38. The summed E-state index contributed by atoms with van der Waals surface area (Å²) < 4.78 is 68.5. The number of alkyl halides is 3. The van der Waals surface area contributed by atoms with Crippen molar-refractivity contribution in [1.82, 2.24) is 9.80 Å². The number of fused-ring (bicyclic) bond motifs is 1. The van der Waals surface area contributed by atoms with Crippen LogP contribution in [0.1, 0.15) is 15.9 Å². The minimum Gasteiger partial charge on any atom is -0.445 e. The van der Waals surface area contributed by atoms with Gasteiger partial charge in [0.25, 0.3) is 5.91 Å². The van der Waals surface area contributed by atoms with Crippen molar-refractivity contribution in [3.63, 3.8) is 0 Å².